The average Bonchev–Trinajstić information content (AvgIpc) is 3.42. The quantitative estimate of drug-likeness (QED) is 0.486. The molecule has 0 aliphatic carbocycles. The fourth-order valence-electron chi connectivity index (χ4n) is 3.02. The van der Waals surface area contributed by atoms with Crippen molar-refractivity contribution < 1.29 is 9.53 Å². The fraction of sp³-hybridized carbons (Fsp3) is 0.174. The van der Waals surface area contributed by atoms with Crippen molar-refractivity contribution in [1.82, 2.24) is 20.1 Å². The van der Waals surface area contributed by atoms with Crippen LogP contribution in [0.4, 0.5) is 0 Å². The Hall–Kier alpha value is -3.45. The summed E-state index contributed by atoms with van der Waals surface area (Å²) in [6, 6.07) is 17.9. The summed E-state index contributed by atoms with van der Waals surface area (Å²) in [6.07, 6.45) is 2.36. The molecule has 7 heteroatoms. The number of nitrogens with zero attached hydrogens (tertiary/aromatic N) is 3. The maximum absolute atomic E-state index is 12.6. The highest BCUT2D eigenvalue weighted by atomic mass is 32.1. The van der Waals surface area contributed by atoms with Crippen molar-refractivity contribution in [3.63, 3.8) is 0 Å². The first-order valence-corrected chi connectivity index (χ1v) is 10.5. The van der Waals surface area contributed by atoms with Crippen molar-refractivity contribution in [1.29, 1.82) is 0 Å². The topological polar surface area (TPSA) is 69.0 Å². The van der Waals surface area contributed by atoms with Crippen molar-refractivity contribution in [2.24, 2.45) is 0 Å². The Labute approximate surface area is 179 Å². The molecule has 2 aromatic heterocycles. The van der Waals surface area contributed by atoms with Crippen LogP contribution in [0.3, 0.4) is 0 Å². The number of nitrogens with one attached hydrogen (secondary N) is 1. The molecule has 0 bridgehead atoms. The Bertz CT molecular complexity index is 1130. The predicted octanol–water partition coefficient (Wildman–Crippen LogP) is 4.29. The molecule has 0 atom stereocenters. The lowest BCUT2D eigenvalue weighted by molar-refractivity contribution is 0.0945. The zero-order chi connectivity index (χ0) is 20.9. The molecule has 0 aliphatic rings. The van der Waals surface area contributed by atoms with Crippen LogP contribution in [0.25, 0.3) is 16.3 Å². The van der Waals surface area contributed by atoms with E-state index < -0.39 is 0 Å². The highest BCUT2D eigenvalue weighted by Crippen LogP contribution is 2.24. The van der Waals surface area contributed by atoms with Gasteiger partial charge in [-0.1, -0.05) is 48.0 Å². The van der Waals surface area contributed by atoms with Crippen LogP contribution in [0.1, 0.15) is 21.7 Å². The van der Waals surface area contributed by atoms with Crippen LogP contribution in [0.15, 0.2) is 66.2 Å². The molecule has 1 N–H and O–H groups in total. The van der Waals surface area contributed by atoms with E-state index in [0.717, 1.165) is 22.0 Å². The Balaban J connectivity index is 1.38. The van der Waals surface area contributed by atoms with Crippen molar-refractivity contribution >= 4 is 17.2 Å². The van der Waals surface area contributed by atoms with Gasteiger partial charge < -0.3 is 10.1 Å². The van der Waals surface area contributed by atoms with Gasteiger partial charge in [-0.15, -0.1) is 11.3 Å². The van der Waals surface area contributed by atoms with Gasteiger partial charge in [-0.05, 0) is 19.1 Å². The fourth-order valence-corrected chi connectivity index (χ4v) is 3.88. The summed E-state index contributed by atoms with van der Waals surface area (Å²) >= 11 is 1.61. The second kappa shape index (κ2) is 8.92. The maximum atomic E-state index is 12.6. The first kappa shape index (κ1) is 19.8. The number of carbonyl (C=O) groups excluding carboxylic acids is 1. The molecule has 0 spiro atoms. The first-order valence-electron chi connectivity index (χ1n) is 9.63. The molecule has 1 amide bonds. The van der Waals surface area contributed by atoms with Crippen LogP contribution in [-0.4, -0.2) is 34.3 Å². The van der Waals surface area contributed by atoms with Crippen molar-refractivity contribution in [2.45, 2.75) is 13.3 Å². The second-order valence-corrected chi connectivity index (χ2v) is 7.70. The highest BCUT2D eigenvalue weighted by molar-refractivity contribution is 7.13. The molecule has 30 heavy (non-hydrogen) atoms. The van der Waals surface area contributed by atoms with E-state index >= 15 is 0 Å². The smallest absolute Gasteiger partial charge is 0.275 e. The van der Waals surface area contributed by atoms with Gasteiger partial charge >= 0.3 is 0 Å². The lowest BCUT2D eigenvalue weighted by Crippen LogP contribution is -2.26. The van der Waals surface area contributed by atoms with Crippen LogP contribution in [0.2, 0.25) is 0 Å². The number of aryl methyl sites for hydroxylation is 1. The standard InChI is InChI=1S/C23H22N4O2S/c1-16-8-10-17(11-9-16)23-25-18(15-30-23)12-13-24-22(28)21-20(29-2)14-27(26-21)19-6-4-3-5-7-19/h3-11,14-15H,12-13H2,1-2H3,(H,24,28). The van der Waals surface area contributed by atoms with E-state index in [1.165, 1.54) is 12.7 Å². The number of carbonyl (C=O) groups is 1. The molecule has 0 saturated heterocycles. The van der Waals surface area contributed by atoms with E-state index in [0.29, 0.717) is 18.7 Å². The monoisotopic (exact) mass is 418 g/mol. The molecule has 4 aromatic rings. The average molecular weight is 419 g/mol. The summed E-state index contributed by atoms with van der Waals surface area (Å²) in [5.41, 5.74) is 4.42. The SMILES string of the molecule is COc1cn(-c2ccccc2)nc1C(=O)NCCc1csc(-c2ccc(C)cc2)n1. The number of benzene rings is 2. The Morgan fingerprint density at radius 3 is 2.63 bits per heavy atom. The minimum atomic E-state index is -0.268. The number of hydrogen-bond donors (Lipinski definition) is 1. The molecule has 2 aromatic carbocycles. The molecule has 0 radical (unpaired) electrons. The van der Waals surface area contributed by atoms with E-state index in [4.69, 9.17) is 4.74 Å². The Morgan fingerprint density at radius 1 is 1.13 bits per heavy atom. The van der Waals surface area contributed by atoms with Crippen LogP contribution in [0.5, 0.6) is 5.75 Å². The third kappa shape index (κ3) is 4.41. The lowest BCUT2D eigenvalue weighted by atomic mass is 10.2. The normalized spacial score (nSPS) is 10.7. The summed E-state index contributed by atoms with van der Waals surface area (Å²) in [5.74, 6) is 0.169. The van der Waals surface area contributed by atoms with Gasteiger partial charge in [0, 0.05) is 23.9 Å². The molecule has 4 rings (SSSR count). The number of hydrogen-bond acceptors (Lipinski definition) is 5. The van der Waals surface area contributed by atoms with Crippen molar-refractivity contribution in [3.8, 4) is 22.0 Å². The lowest BCUT2D eigenvalue weighted by Gasteiger charge is -2.03. The van der Waals surface area contributed by atoms with Gasteiger partial charge in [0.25, 0.3) is 5.91 Å². The number of para-hydroxylation sites is 1. The van der Waals surface area contributed by atoms with Gasteiger partial charge in [0.1, 0.15) is 5.01 Å². The molecule has 0 fully saturated rings. The zero-order valence-corrected chi connectivity index (χ0v) is 17.6. The van der Waals surface area contributed by atoms with Gasteiger partial charge in [0.15, 0.2) is 11.4 Å². The summed E-state index contributed by atoms with van der Waals surface area (Å²) < 4.78 is 6.98. The minimum Gasteiger partial charge on any atom is -0.493 e. The number of rotatable bonds is 7. The van der Waals surface area contributed by atoms with Crippen molar-refractivity contribution in [2.75, 3.05) is 13.7 Å². The number of methoxy groups -OCH3 is 1. The number of ether oxygens (including phenoxy) is 1. The third-order valence-electron chi connectivity index (χ3n) is 4.65. The van der Waals surface area contributed by atoms with Crippen LogP contribution >= 0.6 is 11.3 Å². The summed E-state index contributed by atoms with van der Waals surface area (Å²) in [4.78, 5) is 17.3. The Kier molecular flexibility index (Phi) is 5.90. The van der Waals surface area contributed by atoms with Gasteiger partial charge in [0.05, 0.1) is 24.7 Å². The predicted molar refractivity (Wildman–Crippen MR) is 118 cm³/mol. The van der Waals surface area contributed by atoms with Gasteiger partial charge in [-0.2, -0.15) is 5.10 Å². The molecular formula is C23H22N4O2S. The first-order chi connectivity index (χ1) is 14.6. The minimum absolute atomic E-state index is 0.264. The molecule has 6 nitrogen and oxygen atoms in total. The molecule has 2 heterocycles. The Morgan fingerprint density at radius 2 is 1.90 bits per heavy atom. The zero-order valence-electron chi connectivity index (χ0n) is 16.8. The maximum Gasteiger partial charge on any atom is 0.275 e. The van der Waals surface area contributed by atoms with E-state index in [2.05, 4.69) is 46.6 Å². The van der Waals surface area contributed by atoms with E-state index in [1.807, 2.05) is 35.7 Å². The summed E-state index contributed by atoms with van der Waals surface area (Å²) in [5, 5.41) is 10.3. The highest BCUT2D eigenvalue weighted by Gasteiger charge is 2.18. The van der Waals surface area contributed by atoms with Gasteiger partial charge in [-0.25, -0.2) is 9.67 Å². The summed E-state index contributed by atoms with van der Waals surface area (Å²) in [7, 11) is 1.53. The number of thiazole rings is 1. The number of aromatic nitrogens is 3. The van der Waals surface area contributed by atoms with Crippen LogP contribution in [-0.2, 0) is 6.42 Å². The molecular weight excluding hydrogens is 396 g/mol. The van der Waals surface area contributed by atoms with E-state index in [9.17, 15) is 4.79 Å². The van der Waals surface area contributed by atoms with E-state index in [-0.39, 0.29) is 11.6 Å². The number of amides is 1. The van der Waals surface area contributed by atoms with Crippen LogP contribution in [0, 0.1) is 6.92 Å². The molecule has 0 saturated carbocycles. The molecule has 152 valence electrons. The van der Waals surface area contributed by atoms with Crippen molar-refractivity contribution in [3.05, 3.63) is 83.1 Å². The van der Waals surface area contributed by atoms with E-state index in [1.54, 1.807) is 22.2 Å². The molecule has 0 unspecified atom stereocenters. The summed E-state index contributed by atoms with van der Waals surface area (Å²) in [6.45, 7) is 2.54. The van der Waals surface area contributed by atoms with Crippen LogP contribution < -0.4 is 10.1 Å². The van der Waals surface area contributed by atoms with Gasteiger partial charge in [-0.3, -0.25) is 4.79 Å². The largest absolute Gasteiger partial charge is 0.493 e. The third-order valence-corrected chi connectivity index (χ3v) is 5.59. The second-order valence-electron chi connectivity index (χ2n) is 6.84. The van der Waals surface area contributed by atoms with Gasteiger partial charge in [0.2, 0.25) is 0 Å². The molecule has 0 aliphatic heterocycles.